The number of methoxy groups -OCH3 is 1. The van der Waals surface area contributed by atoms with E-state index in [1.807, 2.05) is 22.6 Å². The second-order valence-corrected chi connectivity index (χ2v) is 2.09. The third kappa shape index (κ3) is 0.908. The van der Waals surface area contributed by atoms with Crippen molar-refractivity contribution in [2.75, 3.05) is 7.11 Å². The van der Waals surface area contributed by atoms with E-state index in [1.165, 1.54) is 7.11 Å². The molecule has 0 saturated carbocycles. The molecule has 0 N–H and O–H groups in total. The summed E-state index contributed by atoms with van der Waals surface area (Å²) in [5.74, 6) is 0.436. The van der Waals surface area contributed by atoms with Crippen LogP contribution in [0.25, 0.3) is 0 Å². The lowest BCUT2D eigenvalue weighted by molar-refractivity contribution is 0.281. The highest BCUT2D eigenvalue weighted by Crippen LogP contribution is 2.12. The van der Waals surface area contributed by atoms with Gasteiger partial charge in [0.1, 0.15) is 0 Å². The zero-order valence-corrected chi connectivity index (χ0v) is 6.25. The Morgan fingerprint density at radius 3 is 2.62 bits per heavy atom. The Hall–Kier alpha value is -0.330. The monoisotopic (exact) mass is 226 g/mol. The SMILES string of the molecule is COc1nonc1I. The molecule has 5 heteroatoms. The summed E-state index contributed by atoms with van der Waals surface area (Å²) >= 11 is 1.96. The van der Waals surface area contributed by atoms with Gasteiger partial charge in [-0.05, 0) is 32.9 Å². The van der Waals surface area contributed by atoms with Gasteiger partial charge in [0, 0.05) is 0 Å². The van der Waals surface area contributed by atoms with Crippen LogP contribution in [0.3, 0.4) is 0 Å². The van der Waals surface area contributed by atoms with Crippen LogP contribution < -0.4 is 4.74 Å². The van der Waals surface area contributed by atoms with E-state index in [1.54, 1.807) is 0 Å². The summed E-state index contributed by atoms with van der Waals surface area (Å²) in [5.41, 5.74) is 0. The van der Waals surface area contributed by atoms with E-state index in [2.05, 4.69) is 14.9 Å². The summed E-state index contributed by atoms with van der Waals surface area (Å²) in [5, 5.41) is 6.88. The van der Waals surface area contributed by atoms with Crippen molar-refractivity contribution in [2.45, 2.75) is 0 Å². The number of halogens is 1. The Morgan fingerprint density at radius 1 is 1.62 bits per heavy atom. The van der Waals surface area contributed by atoms with Crippen molar-refractivity contribution < 1.29 is 9.37 Å². The zero-order chi connectivity index (χ0) is 5.98. The van der Waals surface area contributed by atoms with Crippen molar-refractivity contribution in [1.29, 1.82) is 0 Å². The Morgan fingerprint density at radius 2 is 2.38 bits per heavy atom. The molecule has 0 fully saturated rings. The predicted octanol–water partition coefficient (Wildman–Crippen LogP) is 0.683. The quantitative estimate of drug-likeness (QED) is 0.660. The summed E-state index contributed by atoms with van der Waals surface area (Å²) in [7, 11) is 1.52. The van der Waals surface area contributed by atoms with Crippen LogP contribution >= 0.6 is 22.6 Å². The highest BCUT2D eigenvalue weighted by molar-refractivity contribution is 14.1. The highest BCUT2D eigenvalue weighted by Gasteiger charge is 2.03. The van der Waals surface area contributed by atoms with Crippen LogP contribution in [0.4, 0.5) is 0 Å². The Balaban J connectivity index is 2.92. The van der Waals surface area contributed by atoms with Gasteiger partial charge in [-0.2, -0.15) is 0 Å². The minimum Gasteiger partial charge on any atom is -0.477 e. The van der Waals surface area contributed by atoms with Crippen molar-refractivity contribution >= 4 is 22.6 Å². The normalized spacial score (nSPS) is 9.25. The minimum absolute atomic E-state index is 0.436. The average molecular weight is 226 g/mol. The maximum atomic E-state index is 4.71. The second kappa shape index (κ2) is 2.29. The molecule has 0 unspecified atom stereocenters. The Bertz CT molecular complexity index is 176. The molecule has 0 bridgehead atoms. The van der Waals surface area contributed by atoms with Crippen LogP contribution in [0.2, 0.25) is 0 Å². The van der Waals surface area contributed by atoms with E-state index in [0.717, 1.165) is 0 Å². The molecule has 0 spiro atoms. The number of nitrogens with zero attached hydrogens (tertiary/aromatic N) is 2. The molecule has 1 aromatic heterocycles. The summed E-state index contributed by atoms with van der Waals surface area (Å²) in [4.78, 5) is 0. The number of ether oxygens (including phenoxy) is 1. The summed E-state index contributed by atoms with van der Waals surface area (Å²) in [6.07, 6.45) is 0. The topological polar surface area (TPSA) is 48.2 Å². The molecule has 4 nitrogen and oxygen atoms in total. The molecule has 1 heterocycles. The number of hydrogen-bond donors (Lipinski definition) is 0. The number of rotatable bonds is 1. The standard InChI is InChI=1S/C3H3IN2O2/c1-7-3-2(4)5-8-6-3/h1H3. The van der Waals surface area contributed by atoms with Gasteiger partial charge in [-0.25, -0.2) is 4.63 Å². The molecule has 0 radical (unpaired) electrons. The van der Waals surface area contributed by atoms with E-state index in [-0.39, 0.29) is 0 Å². The molecular weight excluding hydrogens is 223 g/mol. The number of aromatic nitrogens is 2. The smallest absolute Gasteiger partial charge is 0.289 e. The number of hydrogen-bond acceptors (Lipinski definition) is 4. The molecule has 0 atom stereocenters. The van der Waals surface area contributed by atoms with Crippen LogP contribution in [0, 0.1) is 3.70 Å². The molecule has 1 aromatic rings. The molecule has 0 aromatic carbocycles. The van der Waals surface area contributed by atoms with Gasteiger partial charge in [0.05, 0.1) is 7.11 Å². The van der Waals surface area contributed by atoms with Crippen molar-refractivity contribution in [2.24, 2.45) is 0 Å². The lowest BCUT2D eigenvalue weighted by Gasteiger charge is -1.85. The lowest BCUT2D eigenvalue weighted by atomic mass is 10.9. The summed E-state index contributed by atoms with van der Waals surface area (Å²) < 4.78 is 9.66. The largest absolute Gasteiger partial charge is 0.477 e. The minimum atomic E-state index is 0.436. The van der Waals surface area contributed by atoms with E-state index < -0.39 is 0 Å². The van der Waals surface area contributed by atoms with Crippen LogP contribution in [0.15, 0.2) is 4.63 Å². The maximum absolute atomic E-state index is 4.71. The van der Waals surface area contributed by atoms with Gasteiger partial charge >= 0.3 is 0 Å². The third-order valence-corrected chi connectivity index (χ3v) is 1.27. The molecule has 0 aliphatic carbocycles. The first kappa shape index (κ1) is 5.80. The predicted molar refractivity (Wildman–Crippen MR) is 33.6 cm³/mol. The average Bonchev–Trinajstić information content (AvgIpc) is 2.14. The first-order chi connectivity index (χ1) is 3.84. The zero-order valence-electron chi connectivity index (χ0n) is 4.09. The van der Waals surface area contributed by atoms with Gasteiger partial charge in [0.15, 0.2) is 0 Å². The van der Waals surface area contributed by atoms with E-state index in [4.69, 9.17) is 4.74 Å². The molecule has 1 rings (SSSR count). The molecule has 0 aliphatic rings. The molecule has 8 heavy (non-hydrogen) atoms. The van der Waals surface area contributed by atoms with Gasteiger partial charge in [-0.3, -0.25) is 0 Å². The Labute approximate surface area is 59.3 Å². The maximum Gasteiger partial charge on any atom is 0.289 e. The summed E-state index contributed by atoms with van der Waals surface area (Å²) in [6, 6.07) is 0. The van der Waals surface area contributed by atoms with E-state index in [9.17, 15) is 0 Å². The molecule has 0 aliphatic heterocycles. The summed E-state index contributed by atoms with van der Waals surface area (Å²) in [6.45, 7) is 0. The van der Waals surface area contributed by atoms with Crippen LogP contribution in [0.5, 0.6) is 5.88 Å². The molecular formula is C3H3IN2O2. The van der Waals surface area contributed by atoms with Gasteiger partial charge in [-0.1, -0.05) is 0 Å². The molecule has 0 amide bonds. The second-order valence-electron chi connectivity index (χ2n) is 1.06. The van der Waals surface area contributed by atoms with Gasteiger partial charge < -0.3 is 4.74 Å². The molecule has 0 saturated heterocycles. The van der Waals surface area contributed by atoms with E-state index in [0.29, 0.717) is 9.58 Å². The van der Waals surface area contributed by atoms with Crippen molar-refractivity contribution in [3.05, 3.63) is 3.70 Å². The van der Waals surface area contributed by atoms with Crippen molar-refractivity contribution in [3.8, 4) is 5.88 Å². The van der Waals surface area contributed by atoms with Crippen molar-refractivity contribution in [1.82, 2.24) is 10.3 Å². The fraction of sp³-hybridized carbons (Fsp3) is 0.333. The van der Waals surface area contributed by atoms with Gasteiger partial charge in [0.25, 0.3) is 5.88 Å². The van der Waals surface area contributed by atoms with Crippen LogP contribution in [-0.4, -0.2) is 17.4 Å². The fourth-order valence-corrected chi connectivity index (χ4v) is 0.698. The Kier molecular flexibility index (Phi) is 1.66. The van der Waals surface area contributed by atoms with Gasteiger partial charge in [-0.15, -0.1) is 0 Å². The highest BCUT2D eigenvalue weighted by atomic mass is 127. The first-order valence-corrected chi connectivity index (χ1v) is 2.94. The molecule has 44 valence electrons. The van der Waals surface area contributed by atoms with E-state index >= 15 is 0 Å². The van der Waals surface area contributed by atoms with Crippen LogP contribution in [-0.2, 0) is 0 Å². The first-order valence-electron chi connectivity index (χ1n) is 1.86. The van der Waals surface area contributed by atoms with Gasteiger partial charge in [0.2, 0.25) is 3.70 Å². The fourth-order valence-electron chi connectivity index (χ4n) is 0.292. The van der Waals surface area contributed by atoms with Crippen LogP contribution in [0.1, 0.15) is 0 Å². The van der Waals surface area contributed by atoms with Crippen molar-refractivity contribution in [3.63, 3.8) is 0 Å². The lowest BCUT2D eigenvalue weighted by Crippen LogP contribution is -1.83. The third-order valence-electron chi connectivity index (χ3n) is 0.615.